The van der Waals surface area contributed by atoms with Gasteiger partial charge in [0.25, 0.3) is 0 Å². The number of allylic oxidation sites excluding steroid dienone is 4. The summed E-state index contributed by atoms with van der Waals surface area (Å²) >= 11 is 2.36. The van der Waals surface area contributed by atoms with Crippen molar-refractivity contribution in [2.24, 2.45) is 0 Å². The van der Waals surface area contributed by atoms with Crippen LogP contribution in [0, 0.1) is 13.8 Å². The third-order valence-electron chi connectivity index (χ3n) is 3.83. The van der Waals surface area contributed by atoms with Crippen LogP contribution in [-0.2, 0) is 26.9 Å². The second-order valence-electron chi connectivity index (χ2n) is 6.83. The SMILES string of the molecule is Cc1ccc(C)c(C[C]2([Ti+3])C=CC([Si](C)(C)C)=C2)c1.[Cl-].[Cl-].[Cl-]. The molecule has 1 aliphatic carbocycles. The van der Waals surface area contributed by atoms with E-state index in [2.05, 4.69) is 90.4 Å². The Bertz CT molecular complexity index is 562. The minimum atomic E-state index is -1.18. The van der Waals surface area contributed by atoms with Crippen molar-refractivity contribution in [2.75, 3.05) is 0 Å². The van der Waals surface area contributed by atoms with Crippen LogP contribution in [0.3, 0.4) is 0 Å². The van der Waals surface area contributed by atoms with Crippen molar-refractivity contribution in [2.45, 2.75) is 43.6 Å². The van der Waals surface area contributed by atoms with Gasteiger partial charge in [-0.1, -0.05) is 0 Å². The maximum absolute atomic E-state index is 2.51. The summed E-state index contributed by atoms with van der Waals surface area (Å²) in [6.07, 6.45) is 8.41. The van der Waals surface area contributed by atoms with Gasteiger partial charge in [-0.3, -0.25) is 0 Å². The third-order valence-corrected chi connectivity index (χ3v) is 6.63. The Hall–Kier alpha value is 0.501. The smallest absolute Gasteiger partial charge is 1.00 e. The molecule has 0 nitrogen and oxygen atoms in total. The van der Waals surface area contributed by atoms with E-state index in [1.165, 1.54) is 16.7 Å². The molecular formula is C17H23Cl3SiTi. The van der Waals surface area contributed by atoms with Gasteiger partial charge in [0, 0.05) is 0 Å². The van der Waals surface area contributed by atoms with E-state index in [9.17, 15) is 0 Å². The summed E-state index contributed by atoms with van der Waals surface area (Å²) in [5.41, 5.74) is 4.26. The van der Waals surface area contributed by atoms with Crippen molar-refractivity contribution in [1.82, 2.24) is 0 Å². The first-order valence-electron chi connectivity index (χ1n) is 6.93. The van der Waals surface area contributed by atoms with Crippen LogP contribution in [0.5, 0.6) is 0 Å². The summed E-state index contributed by atoms with van der Waals surface area (Å²) in [6, 6.07) is 6.79. The molecule has 120 valence electrons. The van der Waals surface area contributed by atoms with Gasteiger partial charge in [0.2, 0.25) is 0 Å². The van der Waals surface area contributed by atoms with E-state index in [0.29, 0.717) is 0 Å². The first-order chi connectivity index (χ1) is 8.70. The molecule has 0 radical (unpaired) electrons. The number of aryl methyl sites for hydroxylation is 2. The van der Waals surface area contributed by atoms with Crippen molar-refractivity contribution < 1.29 is 57.7 Å². The van der Waals surface area contributed by atoms with Crippen LogP contribution in [0.25, 0.3) is 0 Å². The molecule has 0 N–H and O–H groups in total. The minimum absolute atomic E-state index is 0. The van der Waals surface area contributed by atoms with E-state index < -0.39 is 8.07 Å². The zero-order valence-electron chi connectivity index (χ0n) is 13.8. The van der Waals surface area contributed by atoms with Gasteiger partial charge in [-0.2, -0.15) is 0 Å². The molecule has 0 bridgehead atoms. The average molecular weight is 410 g/mol. The monoisotopic (exact) mass is 408 g/mol. The van der Waals surface area contributed by atoms with Gasteiger partial charge < -0.3 is 37.2 Å². The van der Waals surface area contributed by atoms with E-state index in [1.54, 1.807) is 5.20 Å². The molecule has 1 unspecified atom stereocenters. The Morgan fingerprint density at radius 3 is 2.14 bits per heavy atom. The number of hydrogen-bond acceptors (Lipinski definition) is 0. The molecule has 0 saturated heterocycles. The van der Waals surface area contributed by atoms with Gasteiger partial charge in [-0.15, -0.1) is 0 Å². The fraction of sp³-hybridized carbons (Fsp3) is 0.412. The Morgan fingerprint density at radius 1 is 1.05 bits per heavy atom. The molecule has 22 heavy (non-hydrogen) atoms. The maximum atomic E-state index is 2.51. The quantitative estimate of drug-likeness (QED) is 0.446. The second-order valence-corrected chi connectivity index (χ2v) is 13.4. The van der Waals surface area contributed by atoms with Gasteiger partial charge >= 0.3 is 130 Å². The van der Waals surface area contributed by atoms with Crippen molar-refractivity contribution in [1.29, 1.82) is 0 Å². The van der Waals surface area contributed by atoms with E-state index in [-0.39, 0.29) is 40.9 Å². The standard InChI is InChI=1S/C17H23Si.3ClH.Ti/c1-13-6-7-14(2)16(10-13)11-15-8-9-17(12-15)18(3,4)5;;;;/h6-10,12H,11H2,1-5H3;3*1H;/q;;;;+3/p-3. The zero-order chi connectivity index (χ0) is 14.3. The molecule has 5 heteroatoms. The van der Waals surface area contributed by atoms with Crippen molar-refractivity contribution in [3.05, 3.63) is 58.3 Å². The predicted octanol–water partition coefficient (Wildman–Crippen LogP) is -4.06. The number of halogens is 3. The topological polar surface area (TPSA) is 0 Å². The number of rotatable bonds is 3. The average Bonchev–Trinajstić information content (AvgIpc) is 2.66. The van der Waals surface area contributed by atoms with Crippen molar-refractivity contribution in [3.63, 3.8) is 0 Å². The van der Waals surface area contributed by atoms with Crippen molar-refractivity contribution in [3.8, 4) is 0 Å². The van der Waals surface area contributed by atoms with Crippen LogP contribution in [-0.4, -0.2) is 8.07 Å². The molecule has 1 aromatic rings. The van der Waals surface area contributed by atoms with Crippen molar-refractivity contribution >= 4 is 8.07 Å². The molecule has 1 atom stereocenters. The molecule has 1 aliphatic rings. The van der Waals surface area contributed by atoms with Gasteiger partial charge in [0.1, 0.15) is 0 Å². The number of benzene rings is 1. The zero-order valence-corrected chi connectivity index (χ0v) is 18.6. The van der Waals surface area contributed by atoms with Gasteiger partial charge in [-0.05, 0) is 0 Å². The Kier molecular flexibility index (Phi) is 10.2. The summed E-state index contributed by atoms with van der Waals surface area (Å²) < 4.78 is 0.203. The summed E-state index contributed by atoms with van der Waals surface area (Å²) in [6.45, 7) is 11.7. The van der Waals surface area contributed by atoms with Crippen LogP contribution >= 0.6 is 0 Å². The van der Waals surface area contributed by atoms with Gasteiger partial charge in [0.05, 0.1) is 0 Å². The molecule has 0 fully saturated rings. The molecule has 0 aromatic heterocycles. The van der Waals surface area contributed by atoms with Gasteiger partial charge in [-0.25, -0.2) is 0 Å². The summed E-state index contributed by atoms with van der Waals surface area (Å²) in [5.74, 6) is 0. The van der Waals surface area contributed by atoms with Crippen LogP contribution < -0.4 is 37.2 Å². The fourth-order valence-corrected chi connectivity index (χ4v) is 4.66. The minimum Gasteiger partial charge on any atom is -1.00 e. The molecule has 0 heterocycles. The molecule has 0 spiro atoms. The van der Waals surface area contributed by atoms with Gasteiger partial charge in [0.15, 0.2) is 0 Å². The maximum Gasteiger partial charge on any atom is -1.00 e. The Morgan fingerprint density at radius 2 is 1.64 bits per heavy atom. The number of hydrogen-bond donors (Lipinski definition) is 0. The predicted molar refractivity (Wildman–Crippen MR) is 82.9 cm³/mol. The first-order valence-corrected chi connectivity index (χ1v) is 11.2. The van der Waals surface area contributed by atoms with Crippen LogP contribution in [0.1, 0.15) is 16.7 Å². The molecule has 0 amide bonds. The van der Waals surface area contributed by atoms with E-state index in [4.69, 9.17) is 0 Å². The Balaban J connectivity index is 0. The van der Waals surface area contributed by atoms with E-state index >= 15 is 0 Å². The molecular weight excluding hydrogens is 386 g/mol. The molecule has 0 aliphatic heterocycles. The summed E-state index contributed by atoms with van der Waals surface area (Å²) in [4.78, 5) is 0. The first kappa shape index (κ1) is 24.7. The molecule has 2 rings (SSSR count). The molecule has 0 saturated carbocycles. The van der Waals surface area contributed by atoms with E-state index in [0.717, 1.165) is 6.42 Å². The second kappa shape index (κ2) is 9.11. The molecule has 1 aromatic carbocycles. The normalized spacial score (nSPS) is 19.7. The summed E-state index contributed by atoms with van der Waals surface area (Å²) in [7, 11) is -1.18. The van der Waals surface area contributed by atoms with E-state index in [1.807, 2.05) is 0 Å². The summed E-state index contributed by atoms with van der Waals surface area (Å²) in [5, 5.41) is 1.60. The van der Waals surface area contributed by atoms with Crippen LogP contribution in [0.2, 0.25) is 23.4 Å². The Labute approximate surface area is 166 Å². The van der Waals surface area contributed by atoms with Crippen LogP contribution in [0.4, 0.5) is 0 Å². The largest absolute Gasteiger partial charge is 1.00 e. The van der Waals surface area contributed by atoms with Crippen LogP contribution in [0.15, 0.2) is 41.6 Å². The fourth-order valence-electron chi connectivity index (χ4n) is 2.49. The third kappa shape index (κ3) is 6.19.